The number of rotatable bonds is 22. The molecule has 3 heteroatoms. The maximum atomic E-state index is 11.1. The lowest BCUT2D eigenvalue weighted by molar-refractivity contribution is -0.260. The molecule has 0 amide bonds. The average Bonchev–Trinajstić information content (AvgIpc) is 3.46. The molecule has 0 spiro atoms. The van der Waals surface area contributed by atoms with Crippen molar-refractivity contribution >= 4 is 5.78 Å². The molecule has 0 bridgehead atoms. The van der Waals surface area contributed by atoms with E-state index < -0.39 is 6.10 Å². The first-order chi connectivity index (χ1) is 25.6. The van der Waals surface area contributed by atoms with E-state index in [1.165, 1.54) is 160 Å². The molecule has 0 aliphatic heterocycles. The summed E-state index contributed by atoms with van der Waals surface area (Å²) in [4.78, 5) is 11.1. The second-order valence-corrected chi connectivity index (χ2v) is 22.1. The van der Waals surface area contributed by atoms with Crippen molar-refractivity contribution in [3.8, 4) is 0 Å². The van der Waals surface area contributed by atoms with Crippen LogP contribution in [0.1, 0.15) is 229 Å². The maximum Gasteiger partial charge on any atom is 0.132 e. The molecular weight excluding hydrogens is 661 g/mol. The summed E-state index contributed by atoms with van der Waals surface area (Å²) in [5.41, 5.74) is 3.63. The van der Waals surface area contributed by atoms with Crippen LogP contribution in [0.2, 0.25) is 0 Å². The molecule has 0 aromatic rings. The number of allylic oxidation sites excluding steroid dienone is 1. The lowest BCUT2D eigenvalue weighted by Gasteiger charge is -2.74. The van der Waals surface area contributed by atoms with Gasteiger partial charge in [-0.1, -0.05) is 144 Å². The molecule has 0 aromatic carbocycles. The van der Waals surface area contributed by atoms with Crippen molar-refractivity contribution in [2.75, 3.05) is 6.61 Å². The third kappa shape index (κ3) is 9.29. The Hall–Kier alpha value is -0.670. The van der Waals surface area contributed by atoms with Gasteiger partial charge in [0.15, 0.2) is 0 Å². The van der Waals surface area contributed by atoms with Crippen LogP contribution >= 0.6 is 0 Å². The van der Waals surface area contributed by atoms with Crippen LogP contribution in [0.3, 0.4) is 0 Å². The monoisotopic (exact) mass is 751 g/mol. The van der Waals surface area contributed by atoms with Gasteiger partial charge in [0.05, 0.1) is 12.2 Å². The molecule has 5 fully saturated rings. The summed E-state index contributed by atoms with van der Waals surface area (Å²) in [6, 6.07) is 0. The number of ketones is 1. The fourth-order valence-corrected chi connectivity index (χ4v) is 15.0. The number of aliphatic hydroxyl groups is 1. The zero-order chi connectivity index (χ0) is 39.2. The minimum Gasteiger partial charge on any atom is -0.393 e. The fourth-order valence-electron chi connectivity index (χ4n) is 15.0. The summed E-state index contributed by atoms with van der Waals surface area (Å²) in [7, 11) is 0. The molecule has 312 valence electrons. The van der Waals surface area contributed by atoms with Crippen molar-refractivity contribution in [2.24, 2.45) is 56.7 Å². The van der Waals surface area contributed by atoms with Gasteiger partial charge in [0.1, 0.15) is 5.78 Å². The van der Waals surface area contributed by atoms with Crippen molar-refractivity contribution in [1.82, 2.24) is 0 Å². The minimum absolute atomic E-state index is 0.0967. The van der Waals surface area contributed by atoms with Crippen LogP contribution in [0.15, 0.2) is 12.2 Å². The van der Waals surface area contributed by atoms with Crippen LogP contribution in [0, 0.1) is 56.7 Å². The van der Waals surface area contributed by atoms with Crippen LogP contribution in [-0.4, -0.2) is 29.7 Å². The van der Waals surface area contributed by atoms with Crippen LogP contribution in [0.25, 0.3) is 0 Å². The number of carbonyl (C=O) groups is 1. The van der Waals surface area contributed by atoms with Gasteiger partial charge in [0.2, 0.25) is 0 Å². The number of hydrogen-bond donors (Lipinski definition) is 1. The highest BCUT2D eigenvalue weighted by Gasteiger charge is 2.71. The molecule has 0 unspecified atom stereocenters. The Kier molecular flexibility index (Phi) is 15.6. The molecule has 1 N–H and O–H groups in total. The summed E-state index contributed by atoms with van der Waals surface area (Å²) in [6.07, 6.45) is 35.1. The first-order valence-electron chi connectivity index (χ1n) is 24.1. The van der Waals surface area contributed by atoms with Crippen LogP contribution in [-0.2, 0) is 9.53 Å². The van der Waals surface area contributed by atoms with Gasteiger partial charge < -0.3 is 9.84 Å². The van der Waals surface area contributed by atoms with E-state index in [4.69, 9.17) is 4.74 Å². The number of Topliss-reactive ketones (excluding diaryl/α,β-unsaturated/α-hetero) is 1. The van der Waals surface area contributed by atoms with E-state index in [0.717, 1.165) is 49.0 Å². The quantitative estimate of drug-likeness (QED) is 0.0885. The van der Waals surface area contributed by atoms with Gasteiger partial charge in [-0.25, -0.2) is 0 Å². The van der Waals surface area contributed by atoms with Crippen LogP contribution < -0.4 is 0 Å². The van der Waals surface area contributed by atoms with E-state index in [1.807, 2.05) is 0 Å². The highest BCUT2D eigenvalue weighted by atomic mass is 16.5. The average molecular weight is 751 g/mol. The number of fused-ring (bicyclic) bond motifs is 7. The highest BCUT2D eigenvalue weighted by molar-refractivity contribution is 5.75. The lowest BCUT2D eigenvalue weighted by Crippen LogP contribution is -2.67. The summed E-state index contributed by atoms with van der Waals surface area (Å²) in [5, 5.41) is 9.80. The second-order valence-electron chi connectivity index (χ2n) is 22.1. The number of carbonyl (C=O) groups excluding carboxylic acids is 1. The van der Waals surface area contributed by atoms with Gasteiger partial charge >= 0.3 is 0 Å². The Balaban J connectivity index is 0.951. The van der Waals surface area contributed by atoms with E-state index >= 15 is 0 Å². The van der Waals surface area contributed by atoms with Gasteiger partial charge in [-0.3, -0.25) is 4.79 Å². The molecule has 0 heterocycles. The largest absolute Gasteiger partial charge is 0.393 e. The van der Waals surface area contributed by atoms with Crippen molar-refractivity contribution in [3.63, 3.8) is 0 Å². The van der Waals surface area contributed by atoms with Crippen LogP contribution in [0.5, 0.6) is 0 Å². The van der Waals surface area contributed by atoms with Crippen molar-refractivity contribution in [3.05, 3.63) is 12.2 Å². The predicted molar refractivity (Wildman–Crippen MR) is 230 cm³/mol. The summed E-state index contributed by atoms with van der Waals surface area (Å²) < 4.78 is 6.85. The Labute approximate surface area is 335 Å². The lowest BCUT2D eigenvalue weighted by atomic mass is 9.31. The summed E-state index contributed by atoms with van der Waals surface area (Å²) in [5.74, 6) is 4.23. The normalized spacial score (nSPS) is 38.9. The Bertz CT molecular complexity index is 1210. The first-order valence-corrected chi connectivity index (χ1v) is 24.1. The van der Waals surface area contributed by atoms with E-state index in [2.05, 4.69) is 55.0 Å². The van der Waals surface area contributed by atoms with Crippen molar-refractivity contribution < 1.29 is 14.6 Å². The molecule has 0 saturated heterocycles. The predicted octanol–water partition coefficient (Wildman–Crippen LogP) is 14.6. The van der Waals surface area contributed by atoms with E-state index in [0.29, 0.717) is 34.2 Å². The third-order valence-corrected chi connectivity index (χ3v) is 18.7. The molecule has 11 atom stereocenters. The number of hydrogen-bond acceptors (Lipinski definition) is 3. The summed E-state index contributed by atoms with van der Waals surface area (Å²) >= 11 is 0. The first kappa shape index (κ1) is 44.4. The molecule has 3 nitrogen and oxygen atoms in total. The van der Waals surface area contributed by atoms with Gasteiger partial charge in [-0.15, -0.1) is 0 Å². The molecule has 5 aliphatic carbocycles. The third-order valence-electron chi connectivity index (χ3n) is 18.7. The zero-order valence-corrected chi connectivity index (χ0v) is 37.3. The standard InChI is InChI=1S/C51H90O3/c1-38(2)41-28-31-48(6)34-35-50(8)44(46(41)48)29-32-49(7)43-26-27-45(47(4,5)42(43)30-33-51(49,50)9)54-36-24-22-20-18-16-14-12-10-11-13-15-17-19-21-23-25-40(53)37-39(3)52/h40-46,53H,1,10-37H2,2-9H3/t40-,41-,42-,43+,44+,45-,46-,48+,49-,50+,51+/m0/s1. The van der Waals surface area contributed by atoms with Gasteiger partial charge in [0, 0.05) is 13.0 Å². The molecular formula is C51H90O3. The number of unbranched alkanes of at least 4 members (excludes halogenated alkanes) is 14. The Morgan fingerprint density at radius 2 is 1.17 bits per heavy atom. The molecule has 54 heavy (non-hydrogen) atoms. The maximum absolute atomic E-state index is 11.1. The SMILES string of the molecule is C=C(C)[C@@H]1CC[C@]2(C)CC[C@]3(C)[C@H](CC[C@@]4(C)[C@@H]5CC[C@H](OCCCCCCCCCCCCCCCCC[C@H](O)CC(C)=O)C(C)(C)[C@H]5CC[C@]43C)[C@H]12. The van der Waals surface area contributed by atoms with Gasteiger partial charge in [-0.05, 0) is 148 Å². The van der Waals surface area contributed by atoms with Crippen LogP contribution in [0.4, 0.5) is 0 Å². The number of aliphatic hydroxyl groups excluding tert-OH is 1. The summed E-state index contributed by atoms with van der Waals surface area (Å²) in [6.45, 7) is 25.7. The van der Waals surface area contributed by atoms with Crippen molar-refractivity contribution in [1.29, 1.82) is 0 Å². The topological polar surface area (TPSA) is 46.5 Å². The highest BCUT2D eigenvalue weighted by Crippen LogP contribution is 2.78. The molecule has 0 aromatic heterocycles. The van der Waals surface area contributed by atoms with Gasteiger partial charge in [0.25, 0.3) is 0 Å². The van der Waals surface area contributed by atoms with E-state index in [9.17, 15) is 9.90 Å². The van der Waals surface area contributed by atoms with E-state index in [1.54, 1.807) is 6.92 Å². The zero-order valence-electron chi connectivity index (χ0n) is 37.3. The Morgan fingerprint density at radius 1 is 0.630 bits per heavy atom. The second kappa shape index (κ2) is 18.9. The van der Waals surface area contributed by atoms with Crippen molar-refractivity contribution in [2.45, 2.75) is 241 Å². The molecule has 5 rings (SSSR count). The number of ether oxygens (including phenoxy) is 1. The van der Waals surface area contributed by atoms with Gasteiger partial charge in [-0.2, -0.15) is 0 Å². The fraction of sp³-hybridized carbons (Fsp3) is 0.941. The molecule has 5 aliphatic rings. The molecule has 5 saturated carbocycles. The molecule has 0 radical (unpaired) electrons. The minimum atomic E-state index is -0.424. The Morgan fingerprint density at radius 3 is 1.74 bits per heavy atom. The smallest absolute Gasteiger partial charge is 0.132 e. The van der Waals surface area contributed by atoms with E-state index in [-0.39, 0.29) is 11.2 Å².